The molecular weight excluding hydrogens is 268 g/mol. The number of benzene rings is 2. The summed E-state index contributed by atoms with van der Waals surface area (Å²) in [7, 11) is 0. The molecule has 0 aromatic heterocycles. The van der Waals surface area contributed by atoms with Crippen LogP contribution in [0.15, 0.2) is 72.8 Å². The molecule has 0 aliphatic carbocycles. The predicted octanol–water partition coefficient (Wildman–Crippen LogP) is 7.05. The van der Waals surface area contributed by atoms with E-state index in [4.69, 9.17) is 0 Å². The summed E-state index contributed by atoms with van der Waals surface area (Å²) in [4.78, 5) is 9.44. The molecule has 2 rings (SSSR count). The second-order valence-corrected chi connectivity index (χ2v) is 3.22. The van der Waals surface area contributed by atoms with Gasteiger partial charge in [0.1, 0.15) is 5.78 Å². The lowest BCUT2D eigenvalue weighted by Gasteiger charge is -1.69. The fourth-order valence-corrected chi connectivity index (χ4v) is 0.770. The molecule has 0 amide bonds. The van der Waals surface area contributed by atoms with E-state index in [1.807, 2.05) is 114 Å². The van der Waals surface area contributed by atoms with E-state index in [0.717, 1.165) is 0 Å². The molecule has 0 heterocycles. The lowest BCUT2D eigenvalue weighted by atomic mass is 10.4. The Morgan fingerprint density at radius 1 is 0.409 bits per heavy atom. The maximum absolute atomic E-state index is 9.44. The molecule has 0 saturated heterocycles. The van der Waals surface area contributed by atoms with Gasteiger partial charge in [-0.25, -0.2) is 0 Å². The summed E-state index contributed by atoms with van der Waals surface area (Å²) >= 11 is 0. The van der Waals surface area contributed by atoms with Crippen molar-refractivity contribution in [1.82, 2.24) is 0 Å². The van der Waals surface area contributed by atoms with Crippen molar-refractivity contribution in [3.63, 3.8) is 0 Å². The topological polar surface area (TPSA) is 17.1 Å². The third-order valence-electron chi connectivity index (χ3n) is 1.33. The maximum Gasteiger partial charge on any atom is 0.126 e. The number of rotatable bonds is 0. The van der Waals surface area contributed by atoms with E-state index in [1.165, 1.54) is 13.8 Å². The zero-order chi connectivity index (χ0) is 18.1. The van der Waals surface area contributed by atoms with Crippen LogP contribution in [0.4, 0.5) is 0 Å². The van der Waals surface area contributed by atoms with Crippen LogP contribution in [-0.4, -0.2) is 5.78 Å². The van der Waals surface area contributed by atoms with Crippen LogP contribution in [0, 0.1) is 0 Å². The number of hydrogen-bond acceptors (Lipinski definition) is 1. The van der Waals surface area contributed by atoms with Crippen LogP contribution in [0.3, 0.4) is 0 Å². The third-order valence-corrected chi connectivity index (χ3v) is 1.33. The van der Waals surface area contributed by atoms with Crippen LogP contribution < -0.4 is 0 Å². The van der Waals surface area contributed by atoms with Crippen molar-refractivity contribution in [2.75, 3.05) is 0 Å². The highest BCUT2D eigenvalue weighted by Crippen LogP contribution is 1.80. The van der Waals surface area contributed by atoms with Crippen molar-refractivity contribution in [3.8, 4) is 0 Å². The summed E-state index contributed by atoms with van der Waals surface area (Å²) in [6.07, 6.45) is 0. The smallest absolute Gasteiger partial charge is 0.126 e. The fourth-order valence-electron chi connectivity index (χ4n) is 0.770. The van der Waals surface area contributed by atoms with E-state index in [2.05, 4.69) is 0 Å². The zero-order valence-corrected chi connectivity index (χ0v) is 15.8. The minimum Gasteiger partial charge on any atom is -0.300 e. The Labute approximate surface area is 139 Å². The second-order valence-electron chi connectivity index (χ2n) is 3.22. The predicted molar refractivity (Wildman–Crippen MR) is 103 cm³/mol. The van der Waals surface area contributed by atoms with Gasteiger partial charge in [-0.1, -0.05) is 114 Å². The lowest BCUT2D eigenvalue weighted by Crippen LogP contribution is -1.69. The Morgan fingerprint density at radius 2 is 0.455 bits per heavy atom. The van der Waals surface area contributed by atoms with Gasteiger partial charge in [0, 0.05) is 0 Å². The molecular formula is C21H36O. The minimum absolute atomic E-state index is 0.167. The van der Waals surface area contributed by atoms with E-state index >= 15 is 0 Å². The van der Waals surface area contributed by atoms with Gasteiger partial charge in [-0.3, -0.25) is 0 Å². The quantitative estimate of drug-likeness (QED) is 0.509. The van der Waals surface area contributed by atoms with E-state index < -0.39 is 0 Å². The summed E-state index contributed by atoms with van der Waals surface area (Å²) in [6, 6.07) is 24.0. The first-order valence-corrected chi connectivity index (χ1v) is 8.20. The molecule has 2 aromatic carbocycles. The number of carbonyl (C=O) groups is 1. The second kappa shape index (κ2) is 36.5. The van der Waals surface area contributed by atoms with Gasteiger partial charge in [0.25, 0.3) is 0 Å². The molecule has 0 unspecified atom stereocenters. The minimum atomic E-state index is 0.167. The lowest BCUT2D eigenvalue weighted by molar-refractivity contribution is -0.114. The summed E-state index contributed by atoms with van der Waals surface area (Å²) in [6.45, 7) is 15.1. The zero-order valence-electron chi connectivity index (χ0n) is 15.8. The molecule has 2 aromatic rings. The summed E-state index contributed by atoms with van der Waals surface area (Å²) in [5.41, 5.74) is 0. The normalized spacial score (nSPS) is 6.36. The average Bonchev–Trinajstić information content (AvgIpc) is 2.63. The molecule has 0 radical (unpaired) electrons. The van der Waals surface area contributed by atoms with Gasteiger partial charge in [-0.2, -0.15) is 0 Å². The Morgan fingerprint density at radius 3 is 0.500 bits per heavy atom. The summed E-state index contributed by atoms with van der Waals surface area (Å²) in [5.74, 6) is 0.167. The van der Waals surface area contributed by atoms with Crippen molar-refractivity contribution in [2.24, 2.45) is 0 Å². The number of Topliss-reactive ketones (excluding diaryl/α,β-unsaturated/α-hetero) is 1. The Balaban J connectivity index is -0.0000000960. The first kappa shape index (κ1) is 28.3. The first-order valence-electron chi connectivity index (χ1n) is 8.20. The van der Waals surface area contributed by atoms with Gasteiger partial charge >= 0.3 is 0 Å². The van der Waals surface area contributed by atoms with E-state index in [1.54, 1.807) is 0 Å². The van der Waals surface area contributed by atoms with E-state index in [-0.39, 0.29) is 5.78 Å². The Kier molecular flexibility index (Phi) is 46.9. The maximum atomic E-state index is 9.44. The number of carbonyl (C=O) groups excluding carboxylic acids is 1. The molecule has 126 valence electrons. The van der Waals surface area contributed by atoms with Crippen LogP contribution in [0.5, 0.6) is 0 Å². The van der Waals surface area contributed by atoms with E-state index in [9.17, 15) is 4.79 Å². The Hall–Kier alpha value is -1.89. The highest BCUT2D eigenvalue weighted by molar-refractivity contribution is 5.72. The SMILES string of the molecule is CC.CC.CC.CC(C)=O.c1ccccc1.c1ccccc1. The molecule has 1 nitrogen and oxygen atoms in total. The largest absolute Gasteiger partial charge is 0.300 e. The van der Waals surface area contributed by atoms with Crippen molar-refractivity contribution in [1.29, 1.82) is 0 Å². The van der Waals surface area contributed by atoms with Gasteiger partial charge < -0.3 is 4.79 Å². The first-order chi connectivity index (χ1) is 10.7. The van der Waals surface area contributed by atoms with Gasteiger partial charge in [-0.05, 0) is 13.8 Å². The fraction of sp³-hybridized carbons (Fsp3) is 0.381. The number of hydrogen-bond donors (Lipinski definition) is 0. The molecule has 0 aliphatic rings. The monoisotopic (exact) mass is 304 g/mol. The molecule has 0 bridgehead atoms. The van der Waals surface area contributed by atoms with Crippen molar-refractivity contribution >= 4 is 5.78 Å². The molecule has 0 fully saturated rings. The van der Waals surface area contributed by atoms with Gasteiger partial charge in [0.2, 0.25) is 0 Å². The standard InChI is InChI=1S/2C6H6.C3H6O.3C2H6/c2*1-2-4-6-5-3-1;1-3(2)4;3*1-2/h2*1-6H;1-2H3;3*1-2H3. The van der Waals surface area contributed by atoms with Crippen LogP contribution in [0.1, 0.15) is 55.4 Å². The highest BCUT2D eigenvalue weighted by atomic mass is 16.1. The molecule has 1 heteroatoms. The molecule has 0 saturated carbocycles. The molecule has 0 aliphatic heterocycles. The third kappa shape index (κ3) is 51.9. The van der Waals surface area contributed by atoms with Crippen molar-refractivity contribution in [3.05, 3.63) is 72.8 Å². The van der Waals surface area contributed by atoms with Crippen molar-refractivity contribution in [2.45, 2.75) is 55.4 Å². The summed E-state index contributed by atoms with van der Waals surface area (Å²) in [5, 5.41) is 0. The molecule has 0 spiro atoms. The highest BCUT2D eigenvalue weighted by Gasteiger charge is 1.62. The average molecular weight is 305 g/mol. The molecule has 0 N–H and O–H groups in total. The van der Waals surface area contributed by atoms with Gasteiger partial charge in [0.15, 0.2) is 0 Å². The Bertz CT molecular complexity index is 252. The van der Waals surface area contributed by atoms with Crippen molar-refractivity contribution < 1.29 is 4.79 Å². The number of ketones is 1. The molecule has 22 heavy (non-hydrogen) atoms. The van der Waals surface area contributed by atoms with Gasteiger partial charge in [0.05, 0.1) is 0 Å². The van der Waals surface area contributed by atoms with E-state index in [0.29, 0.717) is 0 Å². The van der Waals surface area contributed by atoms with Crippen LogP contribution >= 0.6 is 0 Å². The van der Waals surface area contributed by atoms with Crippen LogP contribution in [-0.2, 0) is 4.79 Å². The van der Waals surface area contributed by atoms with Gasteiger partial charge in [-0.15, -0.1) is 0 Å². The summed E-state index contributed by atoms with van der Waals surface area (Å²) < 4.78 is 0. The van der Waals surface area contributed by atoms with Crippen LogP contribution in [0.25, 0.3) is 0 Å². The van der Waals surface area contributed by atoms with Crippen LogP contribution in [0.2, 0.25) is 0 Å². The molecule has 0 atom stereocenters.